The molecule has 0 fully saturated rings. The van der Waals surface area contributed by atoms with Gasteiger partial charge in [0.1, 0.15) is 6.61 Å². The highest BCUT2D eigenvalue weighted by Crippen LogP contribution is 2.23. The molecular formula is C10H8N4OS. The van der Waals surface area contributed by atoms with E-state index in [1.165, 1.54) is 0 Å². The number of nitrogens with one attached hydrogen (secondary N) is 1. The largest absolute Gasteiger partial charge is 0.388 e. The Morgan fingerprint density at radius 2 is 2.38 bits per heavy atom. The van der Waals surface area contributed by atoms with Gasteiger partial charge in [0.15, 0.2) is 11.6 Å². The fourth-order valence-electron chi connectivity index (χ4n) is 1.46. The van der Waals surface area contributed by atoms with E-state index in [4.69, 9.17) is 5.11 Å². The van der Waals surface area contributed by atoms with Gasteiger partial charge in [0.2, 0.25) is 0 Å². The number of hydrogen-bond donors (Lipinski definition) is 2. The minimum absolute atomic E-state index is 0.137. The highest BCUT2D eigenvalue weighted by atomic mass is 32.1. The molecule has 2 N–H and O–H groups in total. The van der Waals surface area contributed by atoms with Crippen LogP contribution in [0.3, 0.4) is 0 Å². The number of hydrogen-bond acceptors (Lipinski definition) is 5. The molecule has 0 radical (unpaired) electrons. The van der Waals surface area contributed by atoms with Crippen LogP contribution in [0, 0.1) is 0 Å². The molecular weight excluding hydrogens is 224 g/mol. The lowest BCUT2D eigenvalue weighted by Crippen LogP contribution is -1.85. The van der Waals surface area contributed by atoms with Crippen LogP contribution in [-0.2, 0) is 6.61 Å². The first-order chi connectivity index (χ1) is 7.86. The van der Waals surface area contributed by atoms with Crippen molar-refractivity contribution < 1.29 is 5.11 Å². The van der Waals surface area contributed by atoms with Crippen molar-refractivity contribution in [3.05, 3.63) is 29.5 Å². The van der Waals surface area contributed by atoms with Crippen molar-refractivity contribution in [2.45, 2.75) is 6.61 Å². The molecule has 0 aliphatic rings. The molecule has 0 aliphatic carbocycles. The zero-order chi connectivity index (χ0) is 11.0. The van der Waals surface area contributed by atoms with Gasteiger partial charge in [0.05, 0.1) is 10.2 Å². The van der Waals surface area contributed by atoms with E-state index in [-0.39, 0.29) is 6.61 Å². The van der Waals surface area contributed by atoms with Crippen LogP contribution in [0.25, 0.3) is 21.6 Å². The van der Waals surface area contributed by atoms with Gasteiger partial charge in [0, 0.05) is 11.8 Å². The molecule has 0 atom stereocenters. The monoisotopic (exact) mass is 232 g/mol. The van der Waals surface area contributed by atoms with E-state index in [2.05, 4.69) is 20.2 Å². The Kier molecular flexibility index (Phi) is 2.16. The molecule has 0 unspecified atom stereocenters. The van der Waals surface area contributed by atoms with E-state index in [1.807, 2.05) is 17.5 Å². The number of fused-ring (bicyclic) bond motifs is 1. The summed E-state index contributed by atoms with van der Waals surface area (Å²) in [6, 6.07) is 3.97. The summed E-state index contributed by atoms with van der Waals surface area (Å²) in [5, 5.41) is 17.6. The smallest absolute Gasteiger partial charge is 0.182 e. The highest BCUT2D eigenvalue weighted by molar-refractivity contribution is 7.17. The van der Waals surface area contributed by atoms with E-state index in [9.17, 15) is 0 Å². The number of rotatable bonds is 2. The number of pyridine rings is 1. The Hall–Kier alpha value is -1.79. The van der Waals surface area contributed by atoms with E-state index in [0.717, 1.165) is 15.8 Å². The molecule has 0 bridgehead atoms. The summed E-state index contributed by atoms with van der Waals surface area (Å²) in [7, 11) is 0. The van der Waals surface area contributed by atoms with Crippen molar-refractivity contribution in [2.75, 3.05) is 0 Å². The van der Waals surface area contributed by atoms with E-state index in [0.29, 0.717) is 11.6 Å². The molecule has 80 valence electrons. The molecule has 0 amide bonds. The summed E-state index contributed by atoms with van der Waals surface area (Å²) in [5.74, 6) is 1.02. The van der Waals surface area contributed by atoms with Gasteiger partial charge < -0.3 is 5.11 Å². The fraction of sp³-hybridized carbons (Fsp3) is 0.100. The summed E-state index contributed by atoms with van der Waals surface area (Å²) in [6.07, 6.45) is 1.74. The second-order valence-electron chi connectivity index (χ2n) is 3.29. The first kappa shape index (κ1) is 9.44. The average Bonchev–Trinajstić information content (AvgIpc) is 2.96. The van der Waals surface area contributed by atoms with Crippen molar-refractivity contribution in [3.8, 4) is 11.4 Å². The third kappa shape index (κ3) is 1.48. The standard InChI is InChI=1S/C10H8N4OS/c15-5-9-12-10(14-13-9)6-3-8-7(11-4-6)1-2-16-8/h1-4,15H,5H2,(H,12,13,14). The highest BCUT2D eigenvalue weighted by Gasteiger charge is 2.07. The van der Waals surface area contributed by atoms with Gasteiger partial charge in [-0.2, -0.15) is 5.10 Å². The summed E-state index contributed by atoms with van der Waals surface area (Å²) in [4.78, 5) is 8.44. The van der Waals surface area contributed by atoms with Crippen molar-refractivity contribution in [2.24, 2.45) is 0 Å². The predicted octanol–water partition coefficient (Wildman–Crippen LogP) is 1.57. The van der Waals surface area contributed by atoms with Crippen LogP contribution < -0.4 is 0 Å². The van der Waals surface area contributed by atoms with E-state index in [1.54, 1.807) is 17.5 Å². The maximum Gasteiger partial charge on any atom is 0.182 e. The third-order valence-corrected chi connectivity index (χ3v) is 3.10. The molecule has 0 aromatic carbocycles. The molecule has 3 aromatic heterocycles. The topological polar surface area (TPSA) is 74.7 Å². The zero-order valence-electron chi connectivity index (χ0n) is 8.21. The molecule has 5 nitrogen and oxygen atoms in total. The maximum absolute atomic E-state index is 8.89. The number of aliphatic hydroxyl groups is 1. The summed E-state index contributed by atoms with van der Waals surface area (Å²) >= 11 is 1.63. The minimum Gasteiger partial charge on any atom is -0.388 e. The molecule has 3 rings (SSSR count). The quantitative estimate of drug-likeness (QED) is 0.703. The van der Waals surface area contributed by atoms with Gasteiger partial charge in [-0.1, -0.05) is 0 Å². The Balaban J connectivity index is 2.10. The lowest BCUT2D eigenvalue weighted by molar-refractivity contribution is 0.272. The number of aromatic amines is 1. The lowest BCUT2D eigenvalue weighted by atomic mass is 10.2. The number of aliphatic hydroxyl groups excluding tert-OH is 1. The first-order valence-electron chi connectivity index (χ1n) is 4.72. The summed E-state index contributed by atoms with van der Waals surface area (Å²) < 4.78 is 1.10. The van der Waals surface area contributed by atoms with Gasteiger partial charge >= 0.3 is 0 Å². The van der Waals surface area contributed by atoms with Crippen LogP contribution >= 0.6 is 11.3 Å². The van der Waals surface area contributed by atoms with E-state index >= 15 is 0 Å². The maximum atomic E-state index is 8.89. The van der Waals surface area contributed by atoms with Gasteiger partial charge in [-0.05, 0) is 17.5 Å². The van der Waals surface area contributed by atoms with Crippen molar-refractivity contribution >= 4 is 21.6 Å². The summed E-state index contributed by atoms with van der Waals surface area (Å²) in [5.41, 5.74) is 1.83. The molecule has 0 spiro atoms. The van der Waals surface area contributed by atoms with Gasteiger partial charge in [-0.3, -0.25) is 10.1 Å². The van der Waals surface area contributed by atoms with Crippen LogP contribution in [0.5, 0.6) is 0 Å². The average molecular weight is 232 g/mol. The molecule has 6 heteroatoms. The van der Waals surface area contributed by atoms with Crippen LogP contribution in [-0.4, -0.2) is 25.3 Å². The number of aromatic nitrogens is 4. The Morgan fingerprint density at radius 1 is 1.44 bits per heavy atom. The normalized spacial score (nSPS) is 11.1. The minimum atomic E-state index is -0.137. The van der Waals surface area contributed by atoms with Crippen molar-refractivity contribution in [3.63, 3.8) is 0 Å². The van der Waals surface area contributed by atoms with Crippen LogP contribution in [0.1, 0.15) is 5.82 Å². The SMILES string of the molecule is OCc1nc(-c2cnc3ccsc3c2)n[nH]1. The van der Waals surface area contributed by atoms with Crippen molar-refractivity contribution in [1.82, 2.24) is 20.2 Å². The molecule has 3 aromatic rings. The lowest BCUT2D eigenvalue weighted by Gasteiger charge is -1.94. The van der Waals surface area contributed by atoms with Crippen LogP contribution in [0.15, 0.2) is 23.7 Å². The number of thiophene rings is 1. The summed E-state index contributed by atoms with van der Waals surface area (Å²) in [6.45, 7) is -0.137. The Labute approximate surface area is 94.8 Å². The molecule has 0 saturated heterocycles. The van der Waals surface area contributed by atoms with Crippen LogP contribution in [0.4, 0.5) is 0 Å². The fourth-order valence-corrected chi connectivity index (χ4v) is 2.24. The molecule has 0 saturated carbocycles. The van der Waals surface area contributed by atoms with Gasteiger partial charge in [0.25, 0.3) is 0 Å². The second-order valence-corrected chi connectivity index (χ2v) is 4.24. The van der Waals surface area contributed by atoms with Crippen LogP contribution in [0.2, 0.25) is 0 Å². The zero-order valence-corrected chi connectivity index (χ0v) is 9.03. The third-order valence-electron chi connectivity index (χ3n) is 2.24. The second kappa shape index (κ2) is 3.66. The predicted molar refractivity (Wildman–Crippen MR) is 60.9 cm³/mol. The van der Waals surface area contributed by atoms with Gasteiger partial charge in [-0.25, -0.2) is 4.98 Å². The number of H-pyrrole nitrogens is 1. The van der Waals surface area contributed by atoms with E-state index < -0.39 is 0 Å². The van der Waals surface area contributed by atoms with Crippen molar-refractivity contribution in [1.29, 1.82) is 0 Å². The van der Waals surface area contributed by atoms with Gasteiger partial charge in [-0.15, -0.1) is 11.3 Å². The Morgan fingerprint density at radius 3 is 3.19 bits per heavy atom. The molecule has 0 aliphatic heterocycles. The number of nitrogens with zero attached hydrogens (tertiary/aromatic N) is 3. The first-order valence-corrected chi connectivity index (χ1v) is 5.60. The Bertz CT molecular complexity index is 630. The molecule has 3 heterocycles. The molecule has 16 heavy (non-hydrogen) atoms.